The van der Waals surface area contributed by atoms with Crippen LogP contribution in [0.2, 0.25) is 0 Å². The van der Waals surface area contributed by atoms with E-state index in [0.29, 0.717) is 24.9 Å². The van der Waals surface area contributed by atoms with Crippen LogP contribution in [0.3, 0.4) is 0 Å². The number of hydrogen-bond donors (Lipinski definition) is 1. The summed E-state index contributed by atoms with van der Waals surface area (Å²) in [7, 11) is 0. The highest BCUT2D eigenvalue weighted by Gasteiger charge is 2.07. The number of carboxylic acid groups (broad SMARTS) is 1. The highest BCUT2D eigenvalue weighted by atomic mass is 16.5. The predicted octanol–water partition coefficient (Wildman–Crippen LogP) is 2.93. The molecule has 0 saturated heterocycles. The maximum absolute atomic E-state index is 10.6. The van der Waals surface area contributed by atoms with Crippen LogP contribution in [0.15, 0.2) is 16.7 Å². The van der Waals surface area contributed by atoms with Gasteiger partial charge in [-0.05, 0) is 24.8 Å². The molecule has 0 amide bonds. The summed E-state index contributed by atoms with van der Waals surface area (Å²) in [4.78, 5) is 10.6. The Morgan fingerprint density at radius 1 is 1.56 bits per heavy atom. The van der Waals surface area contributed by atoms with Crippen molar-refractivity contribution in [2.24, 2.45) is 5.92 Å². The molecule has 16 heavy (non-hydrogen) atoms. The molecule has 90 valence electrons. The molecule has 4 nitrogen and oxygen atoms in total. The second-order valence-electron chi connectivity index (χ2n) is 4.20. The summed E-state index contributed by atoms with van der Waals surface area (Å²) in [6.07, 6.45) is 3.39. The van der Waals surface area contributed by atoms with Crippen molar-refractivity contribution in [1.29, 1.82) is 0 Å². The lowest BCUT2D eigenvalue weighted by atomic mass is 10.1. The Labute approximate surface area is 95.2 Å². The van der Waals surface area contributed by atoms with Crippen LogP contribution >= 0.6 is 0 Å². The van der Waals surface area contributed by atoms with Crippen molar-refractivity contribution in [3.63, 3.8) is 0 Å². The minimum Gasteiger partial charge on any atom is -0.478 e. The van der Waals surface area contributed by atoms with Gasteiger partial charge in [-0.2, -0.15) is 0 Å². The van der Waals surface area contributed by atoms with Crippen LogP contribution in [0.1, 0.15) is 42.8 Å². The summed E-state index contributed by atoms with van der Waals surface area (Å²) >= 11 is 0. The summed E-state index contributed by atoms with van der Waals surface area (Å²) in [5.41, 5.74) is 0.167. The zero-order chi connectivity index (χ0) is 12.0. The molecular formula is C12H18O4. The van der Waals surface area contributed by atoms with E-state index in [-0.39, 0.29) is 5.56 Å². The van der Waals surface area contributed by atoms with E-state index in [1.165, 1.54) is 12.3 Å². The van der Waals surface area contributed by atoms with Crippen LogP contribution < -0.4 is 0 Å². The SMILES string of the molecule is CC(C)CCCOCc1cc(C(=O)O)co1. The third kappa shape index (κ3) is 4.49. The molecule has 0 aliphatic heterocycles. The van der Waals surface area contributed by atoms with E-state index in [1.807, 2.05) is 0 Å². The molecule has 0 aromatic carbocycles. The highest BCUT2D eigenvalue weighted by molar-refractivity contribution is 5.87. The molecule has 1 heterocycles. The normalized spacial score (nSPS) is 10.9. The summed E-state index contributed by atoms with van der Waals surface area (Å²) in [5.74, 6) is 0.266. The van der Waals surface area contributed by atoms with E-state index >= 15 is 0 Å². The van der Waals surface area contributed by atoms with Gasteiger partial charge in [0.25, 0.3) is 0 Å². The maximum atomic E-state index is 10.6. The van der Waals surface area contributed by atoms with Gasteiger partial charge < -0.3 is 14.3 Å². The molecule has 0 unspecified atom stereocenters. The molecule has 4 heteroatoms. The average molecular weight is 226 g/mol. The molecule has 0 saturated carbocycles. The summed E-state index contributed by atoms with van der Waals surface area (Å²) < 4.78 is 10.4. The van der Waals surface area contributed by atoms with Crippen molar-refractivity contribution in [2.75, 3.05) is 6.61 Å². The lowest BCUT2D eigenvalue weighted by Crippen LogP contribution is -1.97. The van der Waals surface area contributed by atoms with Gasteiger partial charge in [0.2, 0.25) is 0 Å². The lowest BCUT2D eigenvalue weighted by molar-refractivity contribution is 0.0696. The minimum absolute atomic E-state index is 0.167. The first-order valence-corrected chi connectivity index (χ1v) is 5.48. The first-order valence-electron chi connectivity index (χ1n) is 5.48. The zero-order valence-electron chi connectivity index (χ0n) is 9.73. The fourth-order valence-corrected chi connectivity index (χ4v) is 1.33. The van der Waals surface area contributed by atoms with E-state index in [9.17, 15) is 4.79 Å². The number of hydrogen-bond acceptors (Lipinski definition) is 3. The van der Waals surface area contributed by atoms with Gasteiger partial charge in [-0.1, -0.05) is 13.8 Å². The Kier molecular flexibility index (Phi) is 5.05. The van der Waals surface area contributed by atoms with Crippen molar-refractivity contribution < 1.29 is 19.1 Å². The smallest absolute Gasteiger partial charge is 0.338 e. The van der Waals surface area contributed by atoms with E-state index < -0.39 is 5.97 Å². The number of carboxylic acids is 1. The molecule has 1 rings (SSSR count). The van der Waals surface area contributed by atoms with E-state index in [4.69, 9.17) is 14.3 Å². The van der Waals surface area contributed by atoms with Crippen LogP contribution in [-0.2, 0) is 11.3 Å². The van der Waals surface area contributed by atoms with Gasteiger partial charge in [0.15, 0.2) is 0 Å². The fraction of sp³-hybridized carbons (Fsp3) is 0.583. The van der Waals surface area contributed by atoms with Crippen LogP contribution in [0.25, 0.3) is 0 Å². The van der Waals surface area contributed by atoms with Crippen molar-refractivity contribution in [3.8, 4) is 0 Å². The Balaban J connectivity index is 2.19. The van der Waals surface area contributed by atoms with Crippen LogP contribution in [0, 0.1) is 5.92 Å². The molecule has 1 aromatic rings. The second-order valence-corrected chi connectivity index (χ2v) is 4.20. The van der Waals surface area contributed by atoms with Gasteiger partial charge in [-0.3, -0.25) is 0 Å². The monoisotopic (exact) mass is 226 g/mol. The number of aromatic carboxylic acids is 1. The first kappa shape index (κ1) is 12.8. The standard InChI is InChI=1S/C12H18O4/c1-9(2)4-3-5-15-8-11-6-10(7-16-11)12(13)14/h6-7,9H,3-5,8H2,1-2H3,(H,13,14). The number of rotatable bonds is 7. The molecule has 0 radical (unpaired) electrons. The fourth-order valence-electron chi connectivity index (χ4n) is 1.33. The summed E-state index contributed by atoms with van der Waals surface area (Å²) in [6, 6.07) is 1.49. The summed E-state index contributed by atoms with van der Waals surface area (Å²) in [6.45, 7) is 5.37. The van der Waals surface area contributed by atoms with E-state index in [1.54, 1.807) is 0 Å². The lowest BCUT2D eigenvalue weighted by Gasteiger charge is -2.04. The number of carbonyl (C=O) groups is 1. The van der Waals surface area contributed by atoms with Gasteiger partial charge >= 0.3 is 5.97 Å². The third-order valence-electron chi connectivity index (χ3n) is 2.22. The molecule has 1 aromatic heterocycles. The summed E-state index contributed by atoms with van der Waals surface area (Å²) in [5, 5.41) is 8.67. The molecule has 0 aliphatic carbocycles. The van der Waals surface area contributed by atoms with Crippen molar-refractivity contribution in [1.82, 2.24) is 0 Å². The van der Waals surface area contributed by atoms with Crippen molar-refractivity contribution in [3.05, 3.63) is 23.7 Å². The third-order valence-corrected chi connectivity index (χ3v) is 2.22. The number of furan rings is 1. The molecular weight excluding hydrogens is 208 g/mol. The van der Waals surface area contributed by atoms with Gasteiger partial charge in [-0.15, -0.1) is 0 Å². The minimum atomic E-state index is -0.977. The quantitative estimate of drug-likeness (QED) is 0.726. The Morgan fingerprint density at radius 3 is 2.88 bits per heavy atom. The molecule has 0 atom stereocenters. The Hall–Kier alpha value is -1.29. The van der Waals surface area contributed by atoms with Crippen LogP contribution in [0.4, 0.5) is 0 Å². The van der Waals surface area contributed by atoms with Crippen LogP contribution in [-0.4, -0.2) is 17.7 Å². The molecule has 0 fully saturated rings. The zero-order valence-corrected chi connectivity index (χ0v) is 9.73. The first-order chi connectivity index (χ1) is 7.59. The Bertz CT molecular complexity index is 328. The van der Waals surface area contributed by atoms with Gasteiger partial charge in [0, 0.05) is 6.61 Å². The van der Waals surface area contributed by atoms with Crippen molar-refractivity contribution >= 4 is 5.97 Å². The topological polar surface area (TPSA) is 59.7 Å². The Morgan fingerprint density at radius 2 is 2.31 bits per heavy atom. The largest absolute Gasteiger partial charge is 0.478 e. The molecule has 0 aliphatic rings. The second kappa shape index (κ2) is 6.33. The van der Waals surface area contributed by atoms with Crippen LogP contribution in [0.5, 0.6) is 0 Å². The van der Waals surface area contributed by atoms with E-state index in [2.05, 4.69) is 13.8 Å². The molecule has 0 spiro atoms. The van der Waals surface area contributed by atoms with Crippen molar-refractivity contribution in [2.45, 2.75) is 33.3 Å². The van der Waals surface area contributed by atoms with Gasteiger partial charge in [0.1, 0.15) is 18.6 Å². The molecule has 1 N–H and O–H groups in total. The van der Waals surface area contributed by atoms with Gasteiger partial charge in [0.05, 0.1) is 5.56 Å². The van der Waals surface area contributed by atoms with E-state index in [0.717, 1.165) is 12.8 Å². The number of ether oxygens (including phenoxy) is 1. The highest BCUT2D eigenvalue weighted by Crippen LogP contribution is 2.10. The molecule has 0 bridgehead atoms. The maximum Gasteiger partial charge on any atom is 0.338 e. The average Bonchev–Trinajstić information content (AvgIpc) is 2.65. The van der Waals surface area contributed by atoms with Gasteiger partial charge in [-0.25, -0.2) is 4.79 Å². The predicted molar refractivity (Wildman–Crippen MR) is 59.4 cm³/mol.